The van der Waals surface area contributed by atoms with Gasteiger partial charge in [-0.2, -0.15) is 0 Å². The van der Waals surface area contributed by atoms with Crippen molar-refractivity contribution in [2.45, 2.75) is 26.3 Å². The van der Waals surface area contributed by atoms with Gasteiger partial charge < -0.3 is 14.8 Å². The van der Waals surface area contributed by atoms with Crippen LogP contribution < -0.4 is 10.2 Å². The van der Waals surface area contributed by atoms with Gasteiger partial charge in [0.2, 0.25) is 0 Å². The highest BCUT2D eigenvalue weighted by atomic mass is 15.2. The second-order valence-corrected chi connectivity index (χ2v) is 5.79. The van der Waals surface area contributed by atoms with Gasteiger partial charge in [0.1, 0.15) is 5.82 Å². The maximum atomic E-state index is 4.60. The number of aryl methyl sites for hydroxylation is 2. The fourth-order valence-corrected chi connectivity index (χ4v) is 2.42. The minimum atomic E-state index is 0.0618. The number of imidazole rings is 1. The molecule has 0 radical (unpaired) electrons. The molecule has 0 spiro atoms. The molecule has 1 N–H and O–H groups in total. The third-order valence-corrected chi connectivity index (χ3v) is 3.99. The van der Waals surface area contributed by atoms with E-state index in [-0.39, 0.29) is 5.54 Å². The van der Waals surface area contributed by atoms with Crippen LogP contribution >= 0.6 is 0 Å². The second-order valence-electron chi connectivity index (χ2n) is 5.79. The molecule has 0 unspecified atom stereocenters. The number of hydrogen-bond donors (Lipinski definition) is 1. The Bertz CT molecular complexity index is 583. The van der Waals surface area contributed by atoms with Crippen LogP contribution in [-0.4, -0.2) is 35.7 Å². The van der Waals surface area contributed by atoms with E-state index in [2.05, 4.69) is 65.9 Å². The van der Waals surface area contributed by atoms with Gasteiger partial charge in [0, 0.05) is 31.9 Å². The average Bonchev–Trinajstić information content (AvgIpc) is 2.63. The molecule has 2 rings (SSSR count). The highest BCUT2D eigenvalue weighted by Crippen LogP contribution is 2.26. The normalized spacial score (nSPS) is 12.1. The first kappa shape index (κ1) is 13.9. The fraction of sp³-hybridized carbons (Fsp3) is 0.533. The predicted molar refractivity (Wildman–Crippen MR) is 81.9 cm³/mol. The van der Waals surface area contributed by atoms with E-state index >= 15 is 0 Å². The summed E-state index contributed by atoms with van der Waals surface area (Å²) in [6.45, 7) is 7.44. The molecule has 0 aliphatic rings. The number of benzene rings is 1. The van der Waals surface area contributed by atoms with Crippen LogP contribution in [0.1, 0.15) is 19.7 Å². The highest BCUT2D eigenvalue weighted by molar-refractivity contribution is 5.80. The Hall–Kier alpha value is -1.55. The van der Waals surface area contributed by atoms with Crippen LogP contribution in [0.4, 0.5) is 5.69 Å². The zero-order valence-corrected chi connectivity index (χ0v) is 12.8. The van der Waals surface area contributed by atoms with Crippen LogP contribution in [0.5, 0.6) is 0 Å². The number of anilines is 1. The molecule has 1 heterocycles. The third kappa shape index (κ3) is 2.45. The first-order valence-corrected chi connectivity index (χ1v) is 6.68. The van der Waals surface area contributed by atoms with E-state index < -0.39 is 0 Å². The number of nitrogens with one attached hydrogen (secondary N) is 1. The van der Waals surface area contributed by atoms with Crippen LogP contribution in [0.3, 0.4) is 0 Å². The highest BCUT2D eigenvalue weighted by Gasteiger charge is 2.23. The number of hydrogen-bond acceptors (Lipinski definition) is 3. The summed E-state index contributed by atoms with van der Waals surface area (Å²) < 4.78 is 2.12. The monoisotopic (exact) mass is 260 g/mol. The zero-order valence-electron chi connectivity index (χ0n) is 12.8. The Morgan fingerprint density at radius 3 is 2.68 bits per heavy atom. The van der Waals surface area contributed by atoms with E-state index in [0.29, 0.717) is 0 Å². The largest absolute Gasteiger partial charge is 0.368 e. The number of likely N-dealkylation sites (N-methyl/N-ethyl adjacent to an activating group) is 2. The summed E-state index contributed by atoms with van der Waals surface area (Å²) in [5.74, 6) is 1.05. The summed E-state index contributed by atoms with van der Waals surface area (Å²) in [7, 11) is 6.17. The Kier molecular flexibility index (Phi) is 3.54. The standard InChI is InChI=1S/C15H24N4/c1-11-17-13-9-12(7-8-14(13)18(11)5)19(6)15(2,3)10-16-4/h7-9,16H,10H2,1-6H3. The lowest BCUT2D eigenvalue weighted by molar-refractivity contribution is 0.463. The molecular formula is C15H24N4. The van der Waals surface area contributed by atoms with Crippen molar-refractivity contribution in [1.29, 1.82) is 0 Å². The van der Waals surface area contributed by atoms with Crippen molar-refractivity contribution in [2.24, 2.45) is 7.05 Å². The first-order chi connectivity index (χ1) is 8.86. The van der Waals surface area contributed by atoms with E-state index in [1.807, 2.05) is 14.0 Å². The smallest absolute Gasteiger partial charge is 0.106 e. The number of fused-ring (bicyclic) bond motifs is 1. The summed E-state index contributed by atoms with van der Waals surface area (Å²) in [6.07, 6.45) is 0. The van der Waals surface area contributed by atoms with Crippen molar-refractivity contribution in [3.05, 3.63) is 24.0 Å². The Morgan fingerprint density at radius 1 is 1.37 bits per heavy atom. The van der Waals surface area contributed by atoms with Crippen LogP contribution in [0, 0.1) is 6.92 Å². The summed E-state index contributed by atoms with van der Waals surface area (Å²) in [5.41, 5.74) is 3.50. The molecular weight excluding hydrogens is 236 g/mol. The maximum absolute atomic E-state index is 4.60. The number of rotatable bonds is 4. The molecule has 0 saturated heterocycles. The first-order valence-electron chi connectivity index (χ1n) is 6.68. The average molecular weight is 260 g/mol. The van der Waals surface area contributed by atoms with Crippen LogP contribution in [-0.2, 0) is 7.05 Å². The molecule has 1 aromatic heterocycles. The van der Waals surface area contributed by atoms with E-state index in [9.17, 15) is 0 Å². The van der Waals surface area contributed by atoms with Crippen molar-refractivity contribution in [1.82, 2.24) is 14.9 Å². The van der Waals surface area contributed by atoms with Crippen LogP contribution in [0.15, 0.2) is 18.2 Å². The van der Waals surface area contributed by atoms with Gasteiger partial charge in [-0.3, -0.25) is 0 Å². The molecule has 0 atom stereocenters. The summed E-state index contributed by atoms with van der Waals surface area (Å²) in [6, 6.07) is 6.48. The molecule has 19 heavy (non-hydrogen) atoms. The topological polar surface area (TPSA) is 33.1 Å². The van der Waals surface area contributed by atoms with Crippen LogP contribution in [0.2, 0.25) is 0 Å². The lowest BCUT2D eigenvalue weighted by Crippen LogP contribution is -2.48. The van der Waals surface area contributed by atoms with E-state index in [4.69, 9.17) is 0 Å². The number of aromatic nitrogens is 2. The summed E-state index contributed by atoms with van der Waals surface area (Å²) in [5, 5.41) is 3.25. The molecule has 0 aliphatic carbocycles. The lowest BCUT2D eigenvalue weighted by atomic mass is 10.0. The molecule has 0 bridgehead atoms. The Labute approximate surface area is 115 Å². The van der Waals surface area contributed by atoms with Gasteiger partial charge in [-0.15, -0.1) is 0 Å². The quantitative estimate of drug-likeness (QED) is 0.916. The van der Waals surface area contributed by atoms with Gasteiger partial charge in [-0.1, -0.05) is 0 Å². The SMILES string of the molecule is CNCC(C)(C)N(C)c1ccc2c(c1)nc(C)n2C. The molecule has 0 amide bonds. The van der Waals surface area contributed by atoms with Gasteiger partial charge in [-0.25, -0.2) is 4.98 Å². The van der Waals surface area contributed by atoms with Crippen molar-refractivity contribution in [2.75, 3.05) is 25.5 Å². The van der Waals surface area contributed by atoms with E-state index in [1.54, 1.807) is 0 Å². The molecule has 1 aromatic carbocycles. The van der Waals surface area contributed by atoms with Crippen molar-refractivity contribution < 1.29 is 0 Å². The Balaban J connectivity index is 2.41. The van der Waals surface area contributed by atoms with Crippen molar-refractivity contribution in [3.8, 4) is 0 Å². The molecule has 0 fully saturated rings. The van der Waals surface area contributed by atoms with E-state index in [0.717, 1.165) is 17.9 Å². The molecule has 2 aromatic rings. The maximum Gasteiger partial charge on any atom is 0.106 e. The molecule has 0 saturated carbocycles. The second kappa shape index (κ2) is 4.85. The van der Waals surface area contributed by atoms with Gasteiger partial charge in [-0.05, 0) is 46.0 Å². The van der Waals surface area contributed by atoms with Gasteiger partial charge in [0.15, 0.2) is 0 Å². The van der Waals surface area contributed by atoms with Crippen molar-refractivity contribution >= 4 is 16.7 Å². The molecule has 4 nitrogen and oxygen atoms in total. The fourth-order valence-electron chi connectivity index (χ4n) is 2.42. The summed E-state index contributed by atoms with van der Waals surface area (Å²) in [4.78, 5) is 6.90. The van der Waals surface area contributed by atoms with Gasteiger partial charge in [0.05, 0.1) is 11.0 Å². The minimum absolute atomic E-state index is 0.0618. The number of nitrogens with zero attached hydrogens (tertiary/aromatic N) is 3. The zero-order chi connectivity index (χ0) is 14.2. The molecule has 104 valence electrons. The minimum Gasteiger partial charge on any atom is -0.368 e. The lowest BCUT2D eigenvalue weighted by Gasteiger charge is -2.37. The molecule has 4 heteroatoms. The Morgan fingerprint density at radius 2 is 2.05 bits per heavy atom. The van der Waals surface area contributed by atoms with Gasteiger partial charge in [0.25, 0.3) is 0 Å². The van der Waals surface area contributed by atoms with Crippen molar-refractivity contribution in [3.63, 3.8) is 0 Å². The van der Waals surface area contributed by atoms with E-state index in [1.165, 1.54) is 11.2 Å². The predicted octanol–water partition coefficient (Wildman–Crippen LogP) is 2.32. The molecule has 0 aliphatic heterocycles. The van der Waals surface area contributed by atoms with Gasteiger partial charge >= 0.3 is 0 Å². The summed E-state index contributed by atoms with van der Waals surface area (Å²) >= 11 is 0. The van der Waals surface area contributed by atoms with Crippen LogP contribution in [0.25, 0.3) is 11.0 Å². The third-order valence-electron chi connectivity index (χ3n) is 3.99.